The molecule has 0 bridgehead atoms. The molecule has 0 N–H and O–H groups in total. The first-order valence-corrected chi connectivity index (χ1v) is 4.50. The van der Waals surface area contributed by atoms with Crippen LogP contribution in [0.25, 0.3) is 0 Å². The van der Waals surface area contributed by atoms with Gasteiger partial charge in [0.1, 0.15) is 0 Å². The lowest BCUT2D eigenvalue weighted by Crippen LogP contribution is -1.80. The largest absolute Gasteiger partial charge is 0.0710 e. The number of rotatable bonds is 3. The van der Waals surface area contributed by atoms with Gasteiger partial charge in [0.05, 0.1) is 0 Å². The van der Waals surface area contributed by atoms with Crippen molar-refractivity contribution in [1.82, 2.24) is 0 Å². The van der Waals surface area contributed by atoms with E-state index in [0.29, 0.717) is 0 Å². The van der Waals surface area contributed by atoms with Gasteiger partial charge in [0.15, 0.2) is 0 Å². The summed E-state index contributed by atoms with van der Waals surface area (Å²) in [6, 6.07) is 0. The lowest BCUT2D eigenvalue weighted by Gasteiger charge is -1.99. The molecule has 1 unspecified atom stereocenters. The van der Waals surface area contributed by atoms with E-state index in [1.165, 1.54) is 25.7 Å². The third kappa shape index (κ3) is 1.62. The lowest BCUT2D eigenvalue weighted by molar-refractivity contribution is 0.847. The van der Waals surface area contributed by atoms with Crippen molar-refractivity contribution in [2.75, 3.05) is 0 Å². The van der Waals surface area contributed by atoms with Crippen LogP contribution in [0.1, 0.15) is 46.5 Å². The Morgan fingerprint density at radius 1 is 1.50 bits per heavy atom. The Morgan fingerprint density at radius 2 is 2.10 bits per heavy atom. The molecule has 1 saturated carbocycles. The summed E-state index contributed by atoms with van der Waals surface area (Å²) in [4.78, 5) is 0. The van der Waals surface area contributed by atoms with Crippen molar-refractivity contribution < 1.29 is 0 Å². The van der Waals surface area contributed by atoms with Gasteiger partial charge >= 0.3 is 0 Å². The van der Waals surface area contributed by atoms with Crippen molar-refractivity contribution in [1.29, 1.82) is 0 Å². The van der Waals surface area contributed by atoms with Crippen LogP contribution in [0.3, 0.4) is 0 Å². The molecule has 1 atom stereocenters. The molecule has 0 nitrogen and oxygen atoms in total. The molecule has 1 aliphatic carbocycles. The third-order valence-electron chi connectivity index (χ3n) is 2.39. The Balaban J connectivity index is 2.48. The van der Waals surface area contributed by atoms with Gasteiger partial charge in [0, 0.05) is 0 Å². The van der Waals surface area contributed by atoms with E-state index >= 15 is 0 Å². The lowest BCUT2D eigenvalue weighted by atomic mass is 10.1. The van der Waals surface area contributed by atoms with Gasteiger partial charge in [-0.3, -0.25) is 0 Å². The van der Waals surface area contributed by atoms with Crippen molar-refractivity contribution >= 4 is 0 Å². The van der Waals surface area contributed by atoms with Gasteiger partial charge < -0.3 is 0 Å². The Labute approximate surface area is 64.3 Å². The van der Waals surface area contributed by atoms with Crippen molar-refractivity contribution in [2.24, 2.45) is 5.92 Å². The molecule has 0 aromatic heterocycles. The quantitative estimate of drug-likeness (QED) is 0.523. The van der Waals surface area contributed by atoms with Gasteiger partial charge in [-0.15, -0.1) is 0 Å². The molecule has 0 aromatic rings. The first-order chi connectivity index (χ1) is 4.79. The van der Waals surface area contributed by atoms with Gasteiger partial charge in [-0.05, 0) is 25.2 Å². The summed E-state index contributed by atoms with van der Waals surface area (Å²) in [7, 11) is 0. The maximum absolute atomic E-state index is 2.33. The molecule has 0 aromatic carbocycles. The second-order valence-corrected chi connectivity index (χ2v) is 3.34. The predicted molar refractivity (Wildman–Crippen MR) is 46.0 cm³/mol. The van der Waals surface area contributed by atoms with E-state index in [0.717, 1.165) is 5.92 Å². The SMILES string of the molecule is CCCC(CC)=C1CC1C. The predicted octanol–water partition coefficient (Wildman–Crippen LogP) is 3.53. The van der Waals surface area contributed by atoms with Gasteiger partial charge in [-0.25, -0.2) is 0 Å². The van der Waals surface area contributed by atoms with Crippen molar-refractivity contribution in [3.05, 3.63) is 11.1 Å². The molecular formula is C10H18. The highest BCUT2D eigenvalue weighted by Crippen LogP contribution is 2.41. The second kappa shape index (κ2) is 3.23. The van der Waals surface area contributed by atoms with Crippen LogP contribution >= 0.6 is 0 Å². The minimum Gasteiger partial charge on any atom is -0.0710 e. The maximum atomic E-state index is 2.33. The highest BCUT2D eigenvalue weighted by atomic mass is 14.3. The van der Waals surface area contributed by atoms with Crippen LogP contribution in [0.5, 0.6) is 0 Å². The maximum Gasteiger partial charge on any atom is -0.0191 e. The molecule has 1 fully saturated rings. The van der Waals surface area contributed by atoms with Crippen LogP contribution in [0.4, 0.5) is 0 Å². The first-order valence-electron chi connectivity index (χ1n) is 4.50. The van der Waals surface area contributed by atoms with Crippen LogP contribution in [0, 0.1) is 5.92 Å². The zero-order chi connectivity index (χ0) is 7.56. The highest BCUT2D eigenvalue weighted by molar-refractivity contribution is 5.28. The zero-order valence-corrected chi connectivity index (χ0v) is 7.41. The summed E-state index contributed by atoms with van der Waals surface area (Å²) < 4.78 is 0. The Bertz CT molecular complexity index is 142. The van der Waals surface area contributed by atoms with Gasteiger partial charge in [0.2, 0.25) is 0 Å². The highest BCUT2D eigenvalue weighted by Gasteiger charge is 2.26. The molecule has 0 heterocycles. The van der Waals surface area contributed by atoms with Gasteiger partial charge in [0.25, 0.3) is 0 Å². The van der Waals surface area contributed by atoms with E-state index in [1.807, 2.05) is 0 Å². The molecule has 1 aliphatic rings. The van der Waals surface area contributed by atoms with E-state index in [9.17, 15) is 0 Å². The minimum absolute atomic E-state index is 0.932. The average Bonchev–Trinajstić information content (AvgIpc) is 2.62. The minimum atomic E-state index is 0.932. The average molecular weight is 138 g/mol. The third-order valence-corrected chi connectivity index (χ3v) is 2.39. The summed E-state index contributed by atoms with van der Waals surface area (Å²) in [6.45, 7) is 6.88. The Hall–Kier alpha value is -0.260. The molecule has 0 spiro atoms. The molecule has 58 valence electrons. The number of hydrogen-bond donors (Lipinski definition) is 0. The van der Waals surface area contributed by atoms with E-state index in [4.69, 9.17) is 0 Å². The van der Waals surface area contributed by atoms with Crippen molar-refractivity contribution in [3.63, 3.8) is 0 Å². The smallest absolute Gasteiger partial charge is 0.0191 e. The van der Waals surface area contributed by atoms with Crippen LogP contribution < -0.4 is 0 Å². The molecule has 1 rings (SSSR count). The molecule has 0 radical (unpaired) electrons. The van der Waals surface area contributed by atoms with Crippen molar-refractivity contribution in [2.45, 2.75) is 46.5 Å². The van der Waals surface area contributed by atoms with Crippen LogP contribution in [-0.4, -0.2) is 0 Å². The zero-order valence-electron chi connectivity index (χ0n) is 7.41. The fourth-order valence-electron chi connectivity index (χ4n) is 1.63. The topological polar surface area (TPSA) is 0 Å². The molecule has 0 aliphatic heterocycles. The van der Waals surface area contributed by atoms with E-state index in [1.54, 1.807) is 11.1 Å². The first kappa shape index (κ1) is 7.84. The summed E-state index contributed by atoms with van der Waals surface area (Å²) in [6.07, 6.45) is 5.34. The Kier molecular flexibility index (Phi) is 2.53. The van der Waals surface area contributed by atoms with Crippen LogP contribution in [-0.2, 0) is 0 Å². The Morgan fingerprint density at radius 3 is 2.40 bits per heavy atom. The fourth-order valence-corrected chi connectivity index (χ4v) is 1.63. The van der Waals surface area contributed by atoms with Crippen LogP contribution in [0.15, 0.2) is 11.1 Å². The molecule has 0 amide bonds. The molecule has 0 heteroatoms. The van der Waals surface area contributed by atoms with Gasteiger partial charge in [-0.1, -0.05) is 38.3 Å². The number of hydrogen-bond acceptors (Lipinski definition) is 0. The van der Waals surface area contributed by atoms with Crippen LogP contribution in [0.2, 0.25) is 0 Å². The molecule has 0 saturated heterocycles. The molecular weight excluding hydrogens is 120 g/mol. The summed E-state index contributed by atoms with van der Waals surface area (Å²) in [5.74, 6) is 0.932. The summed E-state index contributed by atoms with van der Waals surface area (Å²) in [5, 5.41) is 0. The van der Waals surface area contributed by atoms with E-state index in [2.05, 4.69) is 20.8 Å². The van der Waals surface area contributed by atoms with E-state index < -0.39 is 0 Å². The monoisotopic (exact) mass is 138 g/mol. The second-order valence-electron chi connectivity index (χ2n) is 3.34. The molecule has 10 heavy (non-hydrogen) atoms. The normalized spacial score (nSPS) is 28.5. The summed E-state index contributed by atoms with van der Waals surface area (Å²) in [5.41, 5.74) is 3.51. The van der Waals surface area contributed by atoms with Crippen molar-refractivity contribution in [3.8, 4) is 0 Å². The number of allylic oxidation sites excluding steroid dienone is 2. The summed E-state index contributed by atoms with van der Waals surface area (Å²) >= 11 is 0. The fraction of sp³-hybridized carbons (Fsp3) is 0.800. The standard InChI is InChI=1S/C10H18/c1-4-6-9(5-2)10-7-8(10)3/h8H,4-7H2,1-3H3. The van der Waals surface area contributed by atoms with Gasteiger partial charge in [-0.2, -0.15) is 0 Å². The van der Waals surface area contributed by atoms with E-state index in [-0.39, 0.29) is 0 Å².